The molecule has 2 rings (SSSR count). The molecule has 5 nitrogen and oxygen atoms in total. The van der Waals surface area contributed by atoms with E-state index in [0.717, 1.165) is 42.5 Å². The monoisotopic (exact) mass is 744 g/mol. The van der Waals surface area contributed by atoms with Crippen LogP contribution in [0.25, 0.3) is 0 Å². The number of benzene rings is 1. The lowest BCUT2D eigenvalue weighted by atomic mass is 9.90. The summed E-state index contributed by atoms with van der Waals surface area (Å²) in [6.07, 6.45) is 15.1. The fourth-order valence-electron chi connectivity index (χ4n) is 4.81. The molecule has 52 heavy (non-hydrogen) atoms. The number of hydrogen-bond donors (Lipinski definition) is 4. The zero-order valence-corrected chi connectivity index (χ0v) is 36.8. The number of allylic oxidation sites excluding steroid dienone is 6. The van der Waals surface area contributed by atoms with Crippen LogP contribution in [0, 0.1) is 5.41 Å². The third-order valence-corrected chi connectivity index (χ3v) is 8.77. The second-order valence-corrected chi connectivity index (χ2v) is 13.1. The fraction of sp³-hybridized carbons (Fsp3) is 0.511. The van der Waals surface area contributed by atoms with Crippen LogP contribution in [0.4, 0.5) is 4.39 Å². The van der Waals surface area contributed by atoms with Crippen LogP contribution in [-0.2, 0) is 6.42 Å². The van der Waals surface area contributed by atoms with Crippen molar-refractivity contribution in [3.8, 4) is 0 Å². The van der Waals surface area contributed by atoms with Crippen LogP contribution in [0.15, 0.2) is 127 Å². The minimum atomic E-state index is -1.10. The van der Waals surface area contributed by atoms with Gasteiger partial charge in [-0.1, -0.05) is 151 Å². The van der Waals surface area contributed by atoms with Gasteiger partial charge in [-0.15, -0.1) is 6.58 Å². The average Bonchev–Trinajstić information content (AvgIpc) is 3.34. The van der Waals surface area contributed by atoms with E-state index in [-0.39, 0.29) is 11.5 Å². The molecule has 4 atom stereocenters. The van der Waals surface area contributed by atoms with Crippen molar-refractivity contribution in [2.24, 2.45) is 5.41 Å². The summed E-state index contributed by atoms with van der Waals surface area (Å²) in [5.74, 6) is 0. The Bertz CT molecular complexity index is 1210. The van der Waals surface area contributed by atoms with Crippen LogP contribution in [0.2, 0.25) is 0 Å². The van der Waals surface area contributed by atoms with E-state index in [1.165, 1.54) is 17.2 Å². The molecule has 1 heterocycles. The summed E-state index contributed by atoms with van der Waals surface area (Å²) in [6, 6.07) is 9.75. The normalized spacial score (nSPS) is 18.1. The van der Waals surface area contributed by atoms with Gasteiger partial charge in [-0.3, -0.25) is 0 Å². The number of nitrogens with one attached hydrogen (secondary N) is 2. The van der Waals surface area contributed by atoms with Crippen LogP contribution < -0.4 is 10.6 Å². The lowest BCUT2D eigenvalue weighted by molar-refractivity contribution is 0.165. The maximum atomic E-state index is 13.6. The molecule has 4 N–H and O–H groups in total. The number of halogens is 1. The summed E-state index contributed by atoms with van der Waals surface area (Å²) in [4.78, 5) is 2.02. The predicted octanol–water partition coefficient (Wildman–Crippen LogP) is 11.8. The Morgan fingerprint density at radius 2 is 1.58 bits per heavy atom. The standard InChI is InChI=1S/C21H27NO2.C11H19N.C7H15FNP.3C2H6/c1-5-19(14-16(3)12-13-23)17(4)22-20(21(24)6-2)15-18-10-8-7-9-11-18;1-5-8-11(9-12-7-3)10(4)6-2;1-6(2)4-9(3)5-7(6,8)10;3*1-2/h5-14,20-24H,2,4,15H2,1,3H3;6-8,12H,3,5,9H2,1-2,4H3;4-5,10H2,1-3H3;3*1-2H3/b13-12+,16-14-,19-5-;10-6-,11-8-;;;;. The summed E-state index contributed by atoms with van der Waals surface area (Å²) in [5, 5.41) is 24.4. The van der Waals surface area contributed by atoms with Gasteiger partial charge < -0.3 is 25.7 Å². The van der Waals surface area contributed by atoms with Crippen molar-refractivity contribution >= 4 is 9.24 Å². The zero-order chi connectivity index (χ0) is 41.3. The topological polar surface area (TPSA) is 67.8 Å². The third-order valence-electron chi connectivity index (χ3n) is 7.81. The van der Waals surface area contributed by atoms with Crippen LogP contribution in [-0.4, -0.2) is 59.4 Å². The summed E-state index contributed by atoms with van der Waals surface area (Å²) in [6.45, 7) is 39.7. The molecular formula is C45H79FN3O2P. The van der Waals surface area contributed by atoms with Gasteiger partial charge in [0, 0.05) is 30.7 Å². The molecule has 7 heteroatoms. The average molecular weight is 744 g/mol. The second kappa shape index (κ2) is 33.6. The number of likely N-dealkylation sites (tertiary alicyclic amines) is 1. The van der Waals surface area contributed by atoms with Crippen LogP contribution in [0.5, 0.6) is 0 Å². The quantitative estimate of drug-likeness (QED) is 0.0661. The Balaban J connectivity index is -0.000000343. The van der Waals surface area contributed by atoms with E-state index in [1.54, 1.807) is 12.3 Å². The largest absolute Gasteiger partial charge is 0.516 e. The Morgan fingerprint density at radius 3 is 1.94 bits per heavy atom. The van der Waals surface area contributed by atoms with E-state index in [1.807, 2.05) is 124 Å². The molecule has 0 aromatic heterocycles. The molecule has 0 amide bonds. The minimum absolute atomic E-state index is 0.216. The lowest BCUT2D eigenvalue weighted by Crippen LogP contribution is -2.40. The van der Waals surface area contributed by atoms with E-state index in [2.05, 4.69) is 72.5 Å². The lowest BCUT2D eigenvalue weighted by Gasteiger charge is -2.28. The maximum Gasteiger partial charge on any atom is 0.142 e. The second-order valence-electron chi connectivity index (χ2n) is 12.2. The summed E-state index contributed by atoms with van der Waals surface area (Å²) in [7, 11) is 4.27. The highest BCUT2D eigenvalue weighted by Gasteiger charge is 2.48. The number of nitrogens with zero attached hydrogens (tertiary/aromatic N) is 1. The number of aliphatic hydroxyl groups excluding tert-OH is 2. The van der Waals surface area contributed by atoms with Gasteiger partial charge in [0.2, 0.25) is 0 Å². The van der Waals surface area contributed by atoms with Crippen LogP contribution in [0.3, 0.4) is 0 Å². The Morgan fingerprint density at radius 1 is 1.02 bits per heavy atom. The van der Waals surface area contributed by atoms with Gasteiger partial charge in [0.05, 0.1) is 18.4 Å². The summed E-state index contributed by atoms with van der Waals surface area (Å²) in [5.41, 5.74) is 6.13. The zero-order valence-electron chi connectivity index (χ0n) is 35.6. The van der Waals surface area contributed by atoms with Crippen molar-refractivity contribution in [2.45, 2.75) is 120 Å². The molecule has 1 aromatic carbocycles. The molecule has 0 radical (unpaired) electrons. The smallest absolute Gasteiger partial charge is 0.142 e. The SMILES string of the molecule is C=CC(O)C(Cc1ccccc1)NC(=C)C(/C=C(C)\C=C\O)=C\C.C=CNCC(=C/CC)/C(C)=C\C.CC.CC.CC.CN1CC(C)(C)C(F)(P)C1. The van der Waals surface area contributed by atoms with Gasteiger partial charge >= 0.3 is 0 Å². The predicted molar refractivity (Wildman–Crippen MR) is 237 cm³/mol. The van der Waals surface area contributed by atoms with E-state index in [4.69, 9.17) is 5.11 Å². The minimum Gasteiger partial charge on any atom is -0.516 e. The van der Waals surface area contributed by atoms with Crippen molar-refractivity contribution in [3.05, 3.63) is 133 Å². The number of aliphatic hydroxyl groups is 2. The van der Waals surface area contributed by atoms with Gasteiger partial charge in [0.15, 0.2) is 0 Å². The molecule has 0 aliphatic carbocycles. The molecule has 298 valence electrons. The van der Waals surface area contributed by atoms with Crippen molar-refractivity contribution in [1.29, 1.82) is 0 Å². The molecule has 1 aliphatic rings. The van der Waals surface area contributed by atoms with E-state index >= 15 is 0 Å². The first-order valence-corrected chi connectivity index (χ1v) is 19.5. The molecule has 1 aromatic rings. The van der Waals surface area contributed by atoms with Crippen molar-refractivity contribution < 1.29 is 14.6 Å². The van der Waals surface area contributed by atoms with E-state index in [9.17, 15) is 9.50 Å². The third kappa shape index (κ3) is 24.1. The molecular weight excluding hydrogens is 664 g/mol. The first-order chi connectivity index (χ1) is 24.6. The summed E-state index contributed by atoms with van der Waals surface area (Å²) < 4.78 is 13.6. The molecule has 1 saturated heterocycles. The number of hydrogen-bond acceptors (Lipinski definition) is 5. The molecule has 1 aliphatic heterocycles. The molecule has 1 fully saturated rings. The Hall–Kier alpha value is -3.18. The Labute approximate surface area is 323 Å². The summed E-state index contributed by atoms with van der Waals surface area (Å²) >= 11 is 0. The van der Waals surface area contributed by atoms with Crippen molar-refractivity contribution in [3.63, 3.8) is 0 Å². The van der Waals surface area contributed by atoms with Gasteiger partial charge in [0.25, 0.3) is 0 Å². The maximum absolute atomic E-state index is 13.6. The highest BCUT2D eigenvalue weighted by atomic mass is 31.0. The van der Waals surface area contributed by atoms with Gasteiger partial charge in [0.1, 0.15) is 5.41 Å². The molecule has 4 unspecified atom stereocenters. The van der Waals surface area contributed by atoms with Crippen LogP contribution >= 0.6 is 9.24 Å². The number of rotatable bonds is 14. The highest BCUT2D eigenvalue weighted by Crippen LogP contribution is 2.45. The van der Waals surface area contributed by atoms with Crippen molar-refractivity contribution in [2.75, 3.05) is 26.7 Å². The van der Waals surface area contributed by atoms with E-state index in [0.29, 0.717) is 18.7 Å². The fourth-order valence-corrected chi connectivity index (χ4v) is 5.21. The molecule has 0 bridgehead atoms. The molecule has 0 spiro atoms. The van der Waals surface area contributed by atoms with Crippen LogP contribution in [0.1, 0.15) is 102 Å². The molecule has 0 saturated carbocycles. The van der Waals surface area contributed by atoms with Gasteiger partial charge in [-0.2, -0.15) is 0 Å². The van der Waals surface area contributed by atoms with Crippen molar-refractivity contribution in [1.82, 2.24) is 15.5 Å². The first-order valence-electron chi connectivity index (χ1n) is 18.9. The van der Waals surface area contributed by atoms with Gasteiger partial charge in [-0.05, 0) is 82.1 Å². The number of alkyl halides is 1. The highest BCUT2D eigenvalue weighted by molar-refractivity contribution is 7.18. The van der Waals surface area contributed by atoms with Gasteiger partial charge in [-0.25, -0.2) is 4.39 Å². The van der Waals surface area contributed by atoms with E-state index < -0.39 is 11.5 Å². The first kappa shape index (κ1) is 55.6. The Kier molecular flexibility index (Phi) is 36.0.